The van der Waals surface area contributed by atoms with Gasteiger partial charge in [-0.3, -0.25) is 9.59 Å². The highest BCUT2D eigenvalue weighted by atomic mass is 16.3. The standard InChI is InChI=1S/C19H27N3O3/c1-13(2)20-19(24)12-21(5)11-18(23)17-9-14(3)22(15(17)4)10-16-7-6-8-25-16/h6-9,13H,10-12H2,1-5H3,(H,20,24)/p+1. The van der Waals surface area contributed by atoms with Gasteiger partial charge in [0.2, 0.25) is 5.78 Å². The second-order valence-corrected chi connectivity index (χ2v) is 6.91. The Hall–Kier alpha value is -2.34. The molecular formula is C19H28N3O3+. The third-order valence-corrected chi connectivity index (χ3v) is 4.14. The molecule has 136 valence electrons. The normalized spacial score (nSPS) is 12.4. The molecule has 1 atom stereocenters. The Labute approximate surface area is 148 Å². The van der Waals surface area contributed by atoms with Gasteiger partial charge in [0.1, 0.15) is 12.3 Å². The van der Waals surface area contributed by atoms with Crippen LogP contribution in [0.3, 0.4) is 0 Å². The van der Waals surface area contributed by atoms with E-state index in [1.54, 1.807) is 6.26 Å². The average Bonchev–Trinajstić information content (AvgIpc) is 3.09. The number of nitrogens with zero attached hydrogens (tertiary/aromatic N) is 1. The van der Waals surface area contributed by atoms with Crippen molar-refractivity contribution in [3.8, 4) is 0 Å². The Morgan fingerprint density at radius 1 is 1.28 bits per heavy atom. The fourth-order valence-electron chi connectivity index (χ4n) is 2.96. The predicted molar refractivity (Wildman–Crippen MR) is 95.9 cm³/mol. The first-order chi connectivity index (χ1) is 11.8. The van der Waals surface area contributed by atoms with Crippen molar-refractivity contribution in [2.75, 3.05) is 20.1 Å². The monoisotopic (exact) mass is 346 g/mol. The smallest absolute Gasteiger partial charge is 0.275 e. The van der Waals surface area contributed by atoms with E-state index in [4.69, 9.17) is 4.42 Å². The van der Waals surface area contributed by atoms with E-state index < -0.39 is 0 Å². The lowest BCUT2D eigenvalue weighted by Gasteiger charge is -2.14. The van der Waals surface area contributed by atoms with Gasteiger partial charge in [-0.2, -0.15) is 0 Å². The van der Waals surface area contributed by atoms with Gasteiger partial charge >= 0.3 is 0 Å². The van der Waals surface area contributed by atoms with E-state index in [0.29, 0.717) is 12.1 Å². The van der Waals surface area contributed by atoms with Crippen LogP contribution in [0.1, 0.15) is 41.4 Å². The highest BCUT2D eigenvalue weighted by molar-refractivity contribution is 5.98. The van der Waals surface area contributed by atoms with E-state index in [2.05, 4.69) is 9.88 Å². The molecule has 0 bridgehead atoms. The Morgan fingerprint density at radius 3 is 2.60 bits per heavy atom. The lowest BCUT2D eigenvalue weighted by atomic mass is 10.1. The summed E-state index contributed by atoms with van der Waals surface area (Å²) in [6, 6.07) is 5.81. The quantitative estimate of drug-likeness (QED) is 0.700. The van der Waals surface area contributed by atoms with E-state index in [-0.39, 0.29) is 30.8 Å². The maximum absolute atomic E-state index is 12.7. The molecule has 1 unspecified atom stereocenters. The third-order valence-electron chi connectivity index (χ3n) is 4.14. The molecule has 0 aliphatic rings. The number of ketones is 1. The summed E-state index contributed by atoms with van der Waals surface area (Å²) in [6.07, 6.45) is 1.65. The number of amides is 1. The summed E-state index contributed by atoms with van der Waals surface area (Å²) in [7, 11) is 1.86. The zero-order chi connectivity index (χ0) is 18.6. The molecule has 0 saturated carbocycles. The van der Waals surface area contributed by atoms with E-state index in [9.17, 15) is 9.59 Å². The second-order valence-electron chi connectivity index (χ2n) is 6.91. The molecule has 0 spiro atoms. The fourth-order valence-corrected chi connectivity index (χ4v) is 2.96. The van der Waals surface area contributed by atoms with Gasteiger partial charge in [-0.15, -0.1) is 0 Å². The van der Waals surface area contributed by atoms with Crippen molar-refractivity contribution in [2.24, 2.45) is 0 Å². The number of likely N-dealkylation sites (N-methyl/N-ethyl adjacent to an activating group) is 1. The van der Waals surface area contributed by atoms with Crippen molar-refractivity contribution in [3.63, 3.8) is 0 Å². The number of aryl methyl sites for hydroxylation is 1. The Kier molecular flexibility index (Phi) is 6.20. The molecule has 6 heteroatoms. The summed E-state index contributed by atoms with van der Waals surface area (Å²) in [5.41, 5.74) is 2.67. The molecule has 0 radical (unpaired) electrons. The van der Waals surface area contributed by atoms with Gasteiger partial charge < -0.3 is 19.2 Å². The number of hydrogen-bond donors (Lipinski definition) is 2. The number of carbonyl (C=O) groups is 2. The maximum atomic E-state index is 12.7. The van der Waals surface area contributed by atoms with Crippen molar-refractivity contribution in [1.82, 2.24) is 9.88 Å². The number of aromatic nitrogens is 1. The molecule has 25 heavy (non-hydrogen) atoms. The molecule has 2 rings (SSSR count). The molecular weight excluding hydrogens is 318 g/mol. The van der Waals surface area contributed by atoms with Crippen molar-refractivity contribution >= 4 is 11.7 Å². The molecule has 0 aliphatic heterocycles. The Balaban J connectivity index is 2.03. The highest BCUT2D eigenvalue weighted by Gasteiger charge is 2.21. The highest BCUT2D eigenvalue weighted by Crippen LogP contribution is 2.17. The number of rotatable bonds is 8. The molecule has 0 saturated heterocycles. The Bertz CT molecular complexity index is 729. The molecule has 2 N–H and O–H groups in total. The molecule has 0 aromatic carbocycles. The van der Waals surface area contributed by atoms with Gasteiger partial charge in [0.25, 0.3) is 5.91 Å². The van der Waals surface area contributed by atoms with Crippen LogP contribution < -0.4 is 10.2 Å². The lowest BCUT2D eigenvalue weighted by molar-refractivity contribution is -0.862. The maximum Gasteiger partial charge on any atom is 0.275 e. The number of quaternary nitrogens is 1. The zero-order valence-electron chi connectivity index (χ0n) is 15.7. The van der Waals surface area contributed by atoms with Crippen molar-refractivity contribution < 1.29 is 18.9 Å². The minimum Gasteiger partial charge on any atom is -0.467 e. The third kappa shape index (κ3) is 5.06. The summed E-state index contributed by atoms with van der Waals surface area (Å²) in [5.74, 6) is 0.867. The van der Waals surface area contributed by atoms with Crippen LogP contribution in [-0.2, 0) is 11.3 Å². The minimum atomic E-state index is -0.0383. The number of furan rings is 1. The summed E-state index contributed by atoms with van der Waals surface area (Å²) in [5, 5.41) is 2.85. The summed E-state index contributed by atoms with van der Waals surface area (Å²) >= 11 is 0. The van der Waals surface area contributed by atoms with Gasteiger partial charge in [0.15, 0.2) is 6.54 Å². The van der Waals surface area contributed by atoms with Crippen LogP contribution in [0.2, 0.25) is 0 Å². The number of Topliss-reactive ketones (excluding diaryl/α,β-unsaturated/α-hetero) is 1. The topological polar surface area (TPSA) is 68.7 Å². The molecule has 1 amide bonds. The van der Waals surface area contributed by atoms with E-state index in [1.165, 1.54) is 0 Å². The van der Waals surface area contributed by atoms with Crippen LogP contribution in [0.5, 0.6) is 0 Å². The SMILES string of the molecule is Cc1cc(C(=O)C[NH+](C)CC(=O)NC(C)C)c(C)n1Cc1ccco1. The van der Waals surface area contributed by atoms with Gasteiger partial charge in [-0.05, 0) is 45.9 Å². The molecule has 2 heterocycles. The van der Waals surface area contributed by atoms with Crippen molar-refractivity contribution in [1.29, 1.82) is 0 Å². The zero-order valence-corrected chi connectivity index (χ0v) is 15.7. The number of nitrogens with one attached hydrogen (secondary N) is 2. The second kappa shape index (κ2) is 8.16. The van der Waals surface area contributed by atoms with Crippen molar-refractivity contribution in [2.45, 2.75) is 40.3 Å². The van der Waals surface area contributed by atoms with Gasteiger partial charge in [0.05, 0.1) is 19.9 Å². The average molecular weight is 346 g/mol. The minimum absolute atomic E-state index is 0.0383. The van der Waals surface area contributed by atoms with Gasteiger partial charge in [-0.1, -0.05) is 0 Å². The van der Waals surface area contributed by atoms with E-state index in [0.717, 1.165) is 22.0 Å². The van der Waals surface area contributed by atoms with Crippen LogP contribution >= 0.6 is 0 Å². The largest absolute Gasteiger partial charge is 0.467 e. The van der Waals surface area contributed by atoms with E-state index in [1.807, 2.05) is 52.9 Å². The van der Waals surface area contributed by atoms with Crippen LogP contribution in [0, 0.1) is 13.8 Å². The number of hydrogen-bond acceptors (Lipinski definition) is 3. The molecule has 0 aliphatic carbocycles. The first-order valence-electron chi connectivity index (χ1n) is 8.61. The first kappa shape index (κ1) is 19.0. The van der Waals surface area contributed by atoms with Crippen LogP contribution in [-0.4, -0.2) is 42.4 Å². The molecule has 2 aromatic rings. The summed E-state index contributed by atoms with van der Waals surface area (Å²) in [4.78, 5) is 25.4. The summed E-state index contributed by atoms with van der Waals surface area (Å²) < 4.78 is 7.48. The first-order valence-corrected chi connectivity index (χ1v) is 8.61. The van der Waals surface area contributed by atoms with Crippen LogP contribution in [0.25, 0.3) is 0 Å². The molecule has 6 nitrogen and oxygen atoms in total. The molecule has 0 fully saturated rings. The predicted octanol–water partition coefficient (Wildman–Crippen LogP) is 0.968. The van der Waals surface area contributed by atoms with Crippen LogP contribution in [0.15, 0.2) is 28.9 Å². The van der Waals surface area contributed by atoms with Gasteiger partial charge in [0, 0.05) is 23.0 Å². The number of carbonyl (C=O) groups excluding carboxylic acids is 2. The van der Waals surface area contributed by atoms with E-state index >= 15 is 0 Å². The lowest BCUT2D eigenvalue weighted by Crippen LogP contribution is -3.11. The molecule has 2 aromatic heterocycles. The van der Waals surface area contributed by atoms with Gasteiger partial charge in [-0.25, -0.2) is 0 Å². The van der Waals surface area contributed by atoms with Crippen molar-refractivity contribution in [3.05, 3.63) is 47.2 Å². The Morgan fingerprint density at radius 2 is 2.00 bits per heavy atom. The summed E-state index contributed by atoms with van der Waals surface area (Å²) in [6.45, 7) is 8.96. The fraction of sp³-hybridized carbons (Fsp3) is 0.474. The van der Waals surface area contributed by atoms with Crippen LogP contribution in [0.4, 0.5) is 0 Å².